The zero-order valence-corrected chi connectivity index (χ0v) is 9.76. The molecule has 3 rings (SSSR count). The third-order valence-corrected chi connectivity index (χ3v) is 3.07. The number of nitrogens with zero attached hydrogens (tertiary/aromatic N) is 3. The maximum absolute atomic E-state index is 12.4. The zero-order chi connectivity index (χ0) is 13.6. The van der Waals surface area contributed by atoms with Crippen molar-refractivity contribution in [3.05, 3.63) is 46.6 Å². The minimum Gasteiger partial charge on any atom is -0.278 e. The smallest absolute Gasteiger partial charge is 0.278 e. The number of hydrogen-bond acceptors (Lipinski definition) is 2. The van der Waals surface area contributed by atoms with Crippen molar-refractivity contribution in [2.24, 2.45) is 0 Å². The molecule has 0 aliphatic heterocycles. The Bertz CT molecular complexity index is 650. The average Bonchev–Trinajstić information content (AvgIpc) is 3.12. The molecule has 0 atom stereocenters. The first kappa shape index (κ1) is 12.0. The molecule has 1 aliphatic rings. The molecule has 0 N–H and O–H groups in total. The highest BCUT2D eigenvalue weighted by Gasteiger charge is 2.30. The summed E-state index contributed by atoms with van der Waals surface area (Å²) < 4.78 is 39.9. The SMILES string of the molecule is O=c1n(C2CC2)cnn1-c1ccc(C(F)(F)F)cc1. The van der Waals surface area contributed by atoms with Gasteiger partial charge in [0.15, 0.2) is 0 Å². The standard InChI is InChI=1S/C12H10F3N3O/c13-12(14,15)8-1-3-10(4-2-8)18-11(19)17(7-16-18)9-5-6-9/h1-4,7,9H,5-6H2. The largest absolute Gasteiger partial charge is 0.416 e. The highest BCUT2D eigenvalue weighted by molar-refractivity contribution is 5.34. The number of halogens is 3. The van der Waals surface area contributed by atoms with Gasteiger partial charge in [-0.2, -0.15) is 23.0 Å². The van der Waals surface area contributed by atoms with E-state index in [0.717, 1.165) is 29.7 Å². The third-order valence-electron chi connectivity index (χ3n) is 3.07. The van der Waals surface area contributed by atoms with Crippen LogP contribution in [0, 0.1) is 0 Å². The molecular weight excluding hydrogens is 259 g/mol. The normalized spacial score (nSPS) is 15.7. The van der Waals surface area contributed by atoms with Crippen molar-refractivity contribution in [2.45, 2.75) is 25.1 Å². The molecule has 0 amide bonds. The van der Waals surface area contributed by atoms with Crippen LogP contribution in [-0.2, 0) is 6.18 Å². The fourth-order valence-electron chi connectivity index (χ4n) is 1.89. The number of benzene rings is 1. The number of rotatable bonds is 2. The number of hydrogen-bond donors (Lipinski definition) is 0. The van der Waals surface area contributed by atoms with Gasteiger partial charge in [-0.05, 0) is 37.1 Å². The Morgan fingerprint density at radius 3 is 2.32 bits per heavy atom. The van der Waals surface area contributed by atoms with Gasteiger partial charge >= 0.3 is 11.9 Å². The molecule has 4 nitrogen and oxygen atoms in total. The Morgan fingerprint density at radius 2 is 1.79 bits per heavy atom. The predicted molar refractivity (Wildman–Crippen MR) is 61.1 cm³/mol. The van der Waals surface area contributed by atoms with Gasteiger partial charge < -0.3 is 0 Å². The Hall–Kier alpha value is -2.05. The van der Waals surface area contributed by atoms with E-state index in [1.807, 2.05) is 0 Å². The van der Waals surface area contributed by atoms with Crippen LogP contribution in [0.25, 0.3) is 5.69 Å². The Labute approximate surface area is 106 Å². The molecular formula is C12H10F3N3O. The van der Waals surface area contributed by atoms with Crippen LogP contribution in [0.2, 0.25) is 0 Å². The molecule has 0 radical (unpaired) electrons. The van der Waals surface area contributed by atoms with Crippen molar-refractivity contribution in [2.75, 3.05) is 0 Å². The molecule has 0 saturated heterocycles. The summed E-state index contributed by atoms with van der Waals surface area (Å²) in [6.07, 6.45) is -1.06. The van der Waals surface area contributed by atoms with Gasteiger partial charge in [-0.3, -0.25) is 4.57 Å². The highest BCUT2D eigenvalue weighted by Crippen LogP contribution is 2.33. The molecule has 1 aliphatic carbocycles. The number of aromatic nitrogens is 3. The molecule has 7 heteroatoms. The van der Waals surface area contributed by atoms with Gasteiger partial charge in [0.2, 0.25) is 0 Å². The molecule has 2 aromatic rings. The first-order valence-electron chi connectivity index (χ1n) is 5.80. The van der Waals surface area contributed by atoms with Crippen LogP contribution in [0.5, 0.6) is 0 Å². The minimum absolute atomic E-state index is 0.190. The first-order valence-corrected chi connectivity index (χ1v) is 5.80. The van der Waals surface area contributed by atoms with Crippen LogP contribution in [0.15, 0.2) is 35.4 Å². The van der Waals surface area contributed by atoms with Crippen molar-refractivity contribution in [3.63, 3.8) is 0 Å². The van der Waals surface area contributed by atoms with E-state index in [4.69, 9.17) is 0 Å². The summed E-state index contributed by atoms with van der Waals surface area (Å²) in [6.45, 7) is 0. The fourth-order valence-corrected chi connectivity index (χ4v) is 1.89. The van der Waals surface area contributed by atoms with Crippen LogP contribution in [0.3, 0.4) is 0 Å². The van der Waals surface area contributed by atoms with Crippen LogP contribution < -0.4 is 5.69 Å². The Morgan fingerprint density at radius 1 is 1.16 bits per heavy atom. The zero-order valence-electron chi connectivity index (χ0n) is 9.76. The maximum atomic E-state index is 12.4. The van der Waals surface area contributed by atoms with Crippen LogP contribution in [0.1, 0.15) is 24.4 Å². The van der Waals surface area contributed by atoms with E-state index in [1.165, 1.54) is 23.0 Å². The van der Waals surface area contributed by atoms with Gasteiger partial charge in [-0.25, -0.2) is 4.79 Å². The van der Waals surface area contributed by atoms with Crippen LogP contribution in [-0.4, -0.2) is 14.3 Å². The van der Waals surface area contributed by atoms with Gasteiger partial charge in [-0.15, -0.1) is 0 Å². The Kier molecular flexibility index (Phi) is 2.51. The van der Waals surface area contributed by atoms with Crippen LogP contribution in [0.4, 0.5) is 13.2 Å². The fraction of sp³-hybridized carbons (Fsp3) is 0.333. The molecule has 1 aromatic heterocycles. The topological polar surface area (TPSA) is 39.8 Å². The summed E-state index contributed by atoms with van der Waals surface area (Å²) in [5.41, 5.74) is -0.731. The van der Waals surface area contributed by atoms with E-state index in [2.05, 4.69) is 5.10 Å². The van der Waals surface area contributed by atoms with Crippen molar-refractivity contribution in [3.8, 4) is 5.69 Å². The second-order valence-corrected chi connectivity index (χ2v) is 4.51. The van der Waals surface area contributed by atoms with Crippen molar-refractivity contribution in [1.82, 2.24) is 14.3 Å². The van der Waals surface area contributed by atoms with Gasteiger partial charge in [0.05, 0.1) is 11.3 Å². The minimum atomic E-state index is -4.38. The average molecular weight is 269 g/mol. The second-order valence-electron chi connectivity index (χ2n) is 4.51. The lowest BCUT2D eigenvalue weighted by Crippen LogP contribution is -2.23. The van der Waals surface area contributed by atoms with Gasteiger partial charge in [0.25, 0.3) is 0 Å². The molecule has 1 fully saturated rings. The van der Waals surface area contributed by atoms with Crippen molar-refractivity contribution < 1.29 is 13.2 Å². The molecule has 100 valence electrons. The van der Waals surface area contributed by atoms with E-state index in [9.17, 15) is 18.0 Å². The predicted octanol–water partition coefficient (Wildman–Crippen LogP) is 2.39. The molecule has 0 unspecified atom stereocenters. The van der Waals surface area contributed by atoms with Gasteiger partial charge in [0.1, 0.15) is 6.33 Å². The number of alkyl halides is 3. The van der Waals surface area contributed by atoms with Gasteiger partial charge in [-0.1, -0.05) is 0 Å². The van der Waals surface area contributed by atoms with E-state index in [-0.39, 0.29) is 11.7 Å². The molecule has 0 spiro atoms. The molecule has 1 aromatic carbocycles. The second kappa shape index (κ2) is 3.97. The summed E-state index contributed by atoms with van der Waals surface area (Å²) in [7, 11) is 0. The third kappa shape index (κ3) is 2.16. The monoisotopic (exact) mass is 269 g/mol. The van der Waals surface area contributed by atoms with Crippen LogP contribution >= 0.6 is 0 Å². The highest BCUT2D eigenvalue weighted by atomic mass is 19.4. The van der Waals surface area contributed by atoms with E-state index in [0.29, 0.717) is 5.69 Å². The summed E-state index contributed by atoms with van der Waals surface area (Å²) in [5.74, 6) is 0. The lowest BCUT2D eigenvalue weighted by molar-refractivity contribution is -0.137. The summed E-state index contributed by atoms with van der Waals surface area (Å²) in [5, 5.41) is 3.92. The summed E-state index contributed by atoms with van der Waals surface area (Å²) in [6, 6.07) is 4.56. The van der Waals surface area contributed by atoms with Crippen molar-refractivity contribution >= 4 is 0 Å². The quantitative estimate of drug-likeness (QED) is 0.839. The lowest BCUT2D eigenvalue weighted by atomic mass is 10.2. The van der Waals surface area contributed by atoms with Gasteiger partial charge in [0, 0.05) is 6.04 Å². The molecule has 1 saturated carbocycles. The van der Waals surface area contributed by atoms with E-state index in [1.54, 1.807) is 0 Å². The summed E-state index contributed by atoms with van der Waals surface area (Å²) >= 11 is 0. The summed E-state index contributed by atoms with van der Waals surface area (Å²) in [4.78, 5) is 12.0. The molecule has 0 bridgehead atoms. The lowest BCUT2D eigenvalue weighted by Gasteiger charge is -2.06. The van der Waals surface area contributed by atoms with E-state index >= 15 is 0 Å². The molecule has 19 heavy (non-hydrogen) atoms. The van der Waals surface area contributed by atoms with Crippen molar-refractivity contribution in [1.29, 1.82) is 0 Å². The Balaban J connectivity index is 1.96. The van der Waals surface area contributed by atoms with E-state index < -0.39 is 11.7 Å². The maximum Gasteiger partial charge on any atom is 0.416 e. The molecule has 1 heterocycles. The first-order chi connectivity index (χ1) is 8.97.